The number of carbonyl (C=O) groups excluding carboxylic acids is 2. The normalized spacial score (nSPS) is 25.6. The lowest BCUT2D eigenvalue weighted by atomic mass is 9.98. The second-order valence-corrected chi connectivity index (χ2v) is 9.35. The molecule has 0 spiro atoms. The molecule has 1 heterocycles. The maximum atomic E-state index is 13.1. The Bertz CT molecular complexity index is 1070. The smallest absolute Gasteiger partial charge is 0.407 e. The number of carboxylic acids is 1. The lowest BCUT2D eigenvalue weighted by Crippen LogP contribution is -2.49. The van der Waals surface area contributed by atoms with Crippen LogP contribution in [0.15, 0.2) is 48.5 Å². The number of amides is 2. The van der Waals surface area contributed by atoms with Crippen LogP contribution in [0.4, 0.5) is 4.79 Å². The molecule has 3 N–H and O–H groups in total. The molecular formula is C26H28N2O6. The van der Waals surface area contributed by atoms with Crippen LogP contribution in [-0.4, -0.2) is 64.4 Å². The highest BCUT2D eigenvalue weighted by Crippen LogP contribution is 2.44. The fourth-order valence-electron chi connectivity index (χ4n) is 5.72. The summed E-state index contributed by atoms with van der Waals surface area (Å²) in [6.07, 6.45) is 0.528. The Labute approximate surface area is 197 Å². The minimum atomic E-state index is -1.12. The number of benzene rings is 2. The number of β-amino-alcohol motifs (C(OH)–C–C–N with tert-alkyl or cyclic N) is 1. The van der Waals surface area contributed by atoms with Crippen molar-refractivity contribution in [2.45, 2.75) is 49.8 Å². The zero-order valence-electron chi connectivity index (χ0n) is 18.7. The van der Waals surface area contributed by atoms with Crippen molar-refractivity contribution in [3.05, 3.63) is 59.7 Å². The molecule has 0 aromatic heterocycles. The Morgan fingerprint density at radius 1 is 1.00 bits per heavy atom. The number of carboxylic acid groups (broad SMARTS) is 1. The van der Waals surface area contributed by atoms with Crippen molar-refractivity contribution in [1.29, 1.82) is 0 Å². The number of aliphatic hydroxyl groups is 1. The van der Waals surface area contributed by atoms with Gasteiger partial charge in [0.05, 0.1) is 12.0 Å². The first kappa shape index (κ1) is 22.4. The number of alkyl carbamates (subject to hydrolysis) is 1. The molecule has 1 aliphatic heterocycles. The molecule has 5 rings (SSSR count). The van der Waals surface area contributed by atoms with Gasteiger partial charge in [-0.05, 0) is 35.1 Å². The molecule has 34 heavy (non-hydrogen) atoms. The van der Waals surface area contributed by atoms with Gasteiger partial charge in [-0.3, -0.25) is 4.79 Å². The van der Waals surface area contributed by atoms with E-state index in [1.807, 2.05) is 24.3 Å². The molecule has 0 bridgehead atoms. The number of nitrogens with one attached hydrogen (secondary N) is 1. The molecule has 8 nitrogen and oxygen atoms in total. The number of carbonyl (C=O) groups is 3. The molecule has 2 amide bonds. The van der Waals surface area contributed by atoms with E-state index in [1.54, 1.807) is 0 Å². The van der Waals surface area contributed by atoms with Gasteiger partial charge in [0.2, 0.25) is 5.91 Å². The van der Waals surface area contributed by atoms with E-state index in [0.29, 0.717) is 12.8 Å². The standard InChI is InChI=1S/C26H28N2O6/c29-15-12-23(25(31)32)28(13-15)24(30)20-10-5-11-22(20)27-26(33)34-14-21-18-8-3-1-6-16(18)17-7-2-4-9-19(17)21/h1-4,6-9,15,20-23,29H,5,10-14H2,(H,27,33)(H,31,32)/t15-,20?,22?,23-/m1/s1. The number of fused-ring (bicyclic) bond motifs is 3. The van der Waals surface area contributed by atoms with Crippen molar-refractivity contribution in [2.75, 3.05) is 13.2 Å². The SMILES string of the molecule is O=C(NC1CCCC1C(=O)N1C[C@H](O)C[C@@H]1C(=O)O)OCC1c2ccccc2-c2ccccc21. The molecule has 1 saturated carbocycles. The molecule has 2 aromatic rings. The third-order valence-electron chi connectivity index (χ3n) is 7.33. The van der Waals surface area contributed by atoms with Gasteiger partial charge in [-0.15, -0.1) is 0 Å². The van der Waals surface area contributed by atoms with Gasteiger partial charge in [0.15, 0.2) is 0 Å². The molecule has 2 aliphatic carbocycles. The first-order chi connectivity index (χ1) is 16.4. The maximum absolute atomic E-state index is 13.1. The monoisotopic (exact) mass is 464 g/mol. The van der Waals surface area contributed by atoms with Crippen LogP contribution in [0, 0.1) is 5.92 Å². The molecule has 178 valence electrons. The first-order valence-corrected chi connectivity index (χ1v) is 11.8. The second-order valence-electron chi connectivity index (χ2n) is 9.35. The lowest BCUT2D eigenvalue weighted by Gasteiger charge is -2.28. The van der Waals surface area contributed by atoms with Crippen molar-refractivity contribution >= 4 is 18.0 Å². The molecule has 3 aliphatic rings. The predicted octanol–water partition coefficient (Wildman–Crippen LogP) is 2.74. The number of hydrogen-bond acceptors (Lipinski definition) is 5. The highest BCUT2D eigenvalue weighted by molar-refractivity contribution is 5.87. The summed E-state index contributed by atoms with van der Waals surface area (Å²) in [7, 11) is 0. The zero-order chi connectivity index (χ0) is 23.8. The summed E-state index contributed by atoms with van der Waals surface area (Å²) in [5.74, 6) is -2.02. The van der Waals surface area contributed by atoms with Crippen molar-refractivity contribution in [3.63, 3.8) is 0 Å². The number of likely N-dealkylation sites (tertiary alicyclic amines) is 1. The summed E-state index contributed by atoms with van der Waals surface area (Å²) >= 11 is 0. The molecule has 8 heteroatoms. The number of aliphatic hydroxyl groups excluding tert-OH is 1. The van der Waals surface area contributed by atoms with Gasteiger partial charge in [0.25, 0.3) is 0 Å². The Morgan fingerprint density at radius 3 is 2.29 bits per heavy atom. The Morgan fingerprint density at radius 2 is 1.65 bits per heavy atom. The minimum Gasteiger partial charge on any atom is -0.480 e. The van der Waals surface area contributed by atoms with Crippen LogP contribution in [0.1, 0.15) is 42.7 Å². The lowest BCUT2D eigenvalue weighted by molar-refractivity contribution is -0.150. The molecular weight excluding hydrogens is 436 g/mol. The van der Waals surface area contributed by atoms with Crippen LogP contribution >= 0.6 is 0 Å². The molecule has 4 atom stereocenters. The van der Waals surface area contributed by atoms with Crippen molar-refractivity contribution in [1.82, 2.24) is 10.2 Å². The first-order valence-electron chi connectivity index (χ1n) is 11.8. The zero-order valence-corrected chi connectivity index (χ0v) is 18.7. The van der Waals surface area contributed by atoms with E-state index < -0.39 is 36.2 Å². The Balaban J connectivity index is 1.23. The highest BCUT2D eigenvalue weighted by Gasteiger charge is 2.44. The summed E-state index contributed by atoms with van der Waals surface area (Å²) in [4.78, 5) is 38.6. The maximum Gasteiger partial charge on any atom is 0.407 e. The summed E-state index contributed by atoms with van der Waals surface area (Å²) in [5, 5.41) is 22.2. The van der Waals surface area contributed by atoms with Gasteiger partial charge in [0.1, 0.15) is 12.6 Å². The average molecular weight is 465 g/mol. The Kier molecular flexibility index (Phi) is 6.00. The van der Waals surface area contributed by atoms with Gasteiger partial charge in [-0.2, -0.15) is 0 Å². The quantitative estimate of drug-likeness (QED) is 0.627. The summed E-state index contributed by atoms with van der Waals surface area (Å²) in [6, 6.07) is 14.7. The second kappa shape index (κ2) is 9.10. The number of nitrogens with zero attached hydrogens (tertiary/aromatic N) is 1. The van der Waals surface area contributed by atoms with Crippen molar-refractivity contribution in [3.8, 4) is 11.1 Å². The fraction of sp³-hybridized carbons (Fsp3) is 0.423. The molecule has 2 aromatic carbocycles. The van der Waals surface area contributed by atoms with E-state index in [0.717, 1.165) is 28.7 Å². The van der Waals surface area contributed by atoms with Gasteiger partial charge < -0.3 is 25.2 Å². The molecule has 1 saturated heterocycles. The van der Waals surface area contributed by atoms with E-state index in [1.165, 1.54) is 4.90 Å². The van der Waals surface area contributed by atoms with E-state index in [2.05, 4.69) is 29.6 Å². The van der Waals surface area contributed by atoms with Gasteiger partial charge in [-0.1, -0.05) is 55.0 Å². The van der Waals surface area contributed by atoms with Crippen LogP contribution in [0.25, 0.3) is 11.1 Å². The fourth-order valence-corrected chi connectivity index (χ4v) is 5.72. The third kappa shape index (κ3) is 4.03. The van der Waals surface area contributed by atoms with Crippen LogP contribution in [-0.2, 0) is 14.3 Å². The van der Waals surface area contributed by atoms with Crippen LogP contribution < -0.4 is 5.32 Å². The van der Waals surface area contributed by atoms with E-state index >= 15 is 0 Å². The summed E-state index contributed by atoms with van der Waals surface area (Å²) in [5.41, 5.74) is 4.54. The number of hydrogen-bond donors (Lipinski definition) is 3. The Hall–Kier alpha value is -3.39. The largest absolute Gasteiger partial charge is 0.480 e. The topological polar surface area (TPSA) is 116 Å². The molecule has 2 unspecified atom stereocenters. The van der Waals surface area contributed by atoms with Crippen LogP contribution in [0.5, 0.6) is 0 Å². The molecule has 0 radical (unpaired) electrons. The van der Waals surface area contributed by atoms with Crippen molar-refractivity contribution in [2.24, 2.45) is 5.92 Å². The van der Waals surface area contributed by atoms with Gasteiger partial charge >= 0.3 is 12.1 Å². The summed E-state index contributed by atoms with van der Waals surface area (Å²) in [6.45, 7) is 0.189. The van der Waals surface area contributed by atoms with Crippen LogP contribution in [0.2, 0.25) is 0 Å². The molecule has 2 fully saturated rings. The van der Waals surface area contributed by atoms with Gasteiger partial charge in [0, 0.05) is 24.9 Å². The highest BCUT2D eigenvalue weighted by atomic mass is 16.5. The average Bonchev–Trinajstić information content (AvgIpc) is 3.53. The van der Waals surface area contributed by atoms with Gasteiger partial charge in [-0.25, -0.2) is 9.59 Å². The number of ether oxygens (including phenoxy) is 1. The number of rotatable bonds is 5. The van der Waals surface area contributed by atoms with Crippen molar-refractivity contribution < 1.29 is 29.3 Å². The number of aliphatic carboxylic acids is 1. The van der Waals surface area contributed by atoms with E-state index in [9.17, 15) is 24.6 Å². The van der Waals surface area contributed by atoms with E-state index in [-0.39, 0.29) is 31.4 Å². The van der Waals surface area contributed by atoms with E-state index in [4.69, 9.17) is 4.74 Å². The predicted molar refractivity (Wildman–Crippen MR) is 123 cm³/mol. The minimum absolute atomic E-state index is 0.00393. The van der Waals surface area contributed by atoms with Crippen LogP contribution in [0.3, 0.4) is 0 Å². The third-order valence-corrected chi connectivity index (χ3v) is 7.33. The summed E-state index contributed by atoms with van der Waals surface area (Å²) < 4.78 is 5.62.